The molecule has 168 valence electrons. The van der Waals surface area contributed by atoms with Crippen molar-refractivity contribution in [2.24, 2.45) is 5.92 Å². The van der Waals surface area contributed by atoms with Gasteiger partial charge < -0.3 is 9.88 Å². The SMILES string of the molecule is CC(C)Cn1c(=O)[nH]c(=O)c2c(C(=O)NCc3cn4c(n3)CCCC4)cc(C3CC3)nc21. The second-order valence-corrected chi connectivity index (χ2v) is 9.31. The zero-order valence-electron chi connectivity index (χ0n) is 18.5. The molecule has 0 atom stereocenters. The molecule has 3 aromatic rings. The molecular formula is C23H28N6O3. The van der Waals surface area contributed by atoms with Crippen molar-refractivity contribution >= 4 is 16.9 Å². The summed E-state index contributed by atoms with van der Waals surface area (Å²) in [6, 6.07) is 1.72. The minimum atomic E-state index is -0.581. The Morgan fingerprint density at radius 3 is 2.78 bits per heavy atom. The van der Waals surface area contributed by atoms with Gasteiger partial charge in [-0.2, -0.15) is 0 Å². The first-order valence-electron chi connectivity index (χ1n) is 11.4. The number of fused-ring (bicyclic) bond motifs is 2. The van der Waals surface area contributed by atoms with Gasteiger partial charge in [0.05, 0.1) is 23.2 Å². The number of aryl methyl sites for hydroxylation is 2. The molecule has 9 heteroatoms. The van der Waals surface area contributed by atoms with Gasteiger partial charge >= 0.3 is 5.69 Å². The monoisotopic (exact) mass is 436 g/mol. The minimum Gasteiger partial charge on any atom is -0.346 e. The van der Waals surface area contributed by atoms with Gasteiger partial charge in [-0.15, -0.1) is 0 Å². The molecule has 0 bridgehead atoms. The third-order valence-corrected chi connectivity index (χ3v) is 6.15. The van der Waals surface area contributed by atoms with Gasteiger partial charge in [-0.25, -0.2) is 14.8 Å². The van der Waals surface area contributed by atoms with E-state index in [9.17, 15) is 14.4 Å². The predicted molar refractivity (Wildman–Crippen MR) is 120 cm³/mol. The molecule has 0 radical (unpaired) electrons. The van der Waals surface area contributed by atoms with E-state index < -0.39 is 11.2 Å². The Hall–Kier alpha value is -3.23. The second-order valence-electron chi connectivity index (χ2n) is 9.31. The van der Waals surface area contributed by atoms with Gasteiger partial charge in [0.2, 0.25) is 0 Å². The predicted octanol–water partition coefficient (Wildman–Crippen LogP) is 2.08. The standard InChI is InChI=1S/C23H28N6O3/c1-13(2)11-29-20-19(22(31)27-23(29)32)16(9-17(26-20)14-6-7-14)21(30)24-10-15-12-28-8-4-3-5-18(28)25-15/h9,12-14H,3-8,10-11H2,1-2H3,(H,24,30)(H,27,31,32). The molecule has 32 heavy (non-hydrogen) atoms. The Kier molecular flexibility index (Phi) is 5.19. The molecule has 5 rings (SSSR count). The third kappa shape index (κ3) is 3.87. The number of amides is 1. The van der Waals surface area contributed by atoms with Crippen molar-refractivity contribution in [2.45, 2.75) is 71.5 Å². The van der Waals surface area contributed by atoms with Crippen LogP contribution in [0.1, 0.15) is 73.0 Å². The van der Waals surface area contributed by atoms with E-state index in [0.29, 0.717) is 12.2 Å². The van der Waals surface area contributed by atoms with Crippen molar-refractivity contribution in [3.8, 4) is 0 Å². The molecule has 2 N–H and O–H groups in total. The van der Waals surface area contributed by atoms with E-state index in [1.165, 1.54) is 4.57 Å². The first-order valence-corrected chi connectivity index (χ1v) is 11.4. The Balaban J connectivity index is 1.53. The number of carbonyl (C=O) groups excluding carboxylic acids is 1. The molecule has 1 aliphatic carbocycles. The van der Waals surface area contributed by atoms with Crippen molar-refractivity contribution in [3.05, 3.63) is 55.9 Å². The van der Waals surface area contributed by atoms with Crippen LogP contribution in [0.25, 0.3) is 11.0 Å². The molecule has 0 aromatic carbocycles. The maximum Gasteiger partial charge on any atom is 0.330 e. The zero-order valence-corrected chi connectivity index (χ0v) is 18.5. The first kappa shape index (κ1) is 20.7. The topological polar surface area (TPSA) is 115 Å². The molecule has 0 saturated heterocycles. The van der Waals surface area contributed by atoms with Crippen LogP contribution in [0.15, 0.2) is 21.9 Å². The van der Waals surface area contributed by atoms with Crippen LogP contribution < -0.4 is 16.6 Å². The Morgan fingerprint density at radius 1 is 1.25 bits per heavy atom. The van der Waals surface area contributed by atoms with Crippen LogP contribution in [0.3, 0.4) is 0 Å². The quantitative estimate of drug-likeness (QED) is 0.614. The molecule has 3 aromatic heterocycles. The van der Waals surface area contributed by atoms with Gasteiger partial charge in [0.15, 0.2) is 5.65 Å². The van der Waals surface area contributed by atoms with Crippen LogP contribution in [0.4, 0.5) is 0 Å². The summed E-state index contributed by atoms with van der Waals surface area (Å²) < 4.78 is 3.63. The highest BCUT2D eigenvalue weighted by Gasteiger charge is 2.29. The van der Waals surface area contributed by atoms with Gasteiger partial charge in [-0.3, -0.25) is 19.1 Å². The lowest BCUT2D eigenvalue weighted by molar-refractivity contribution is 0.0952. The second kappa shape index (κ2) is 8.03. The number of hydrogen-bond donors (Lipinski definition) is 2. The van der Waals surface area contributed by atoms with E-state index in [0.717, 1.165) is 55.9 Å². The lowest BCUT2D eigenvalue weighted by Gasteiger charge is -2.14. The highest BCUT2D eigenvalue weighted by molar-refractivity contribution is 6.05. The highest BCUT2D eigenvalue weighted by atomic mass is 16.2. The number of aromatic amines is 1. The lowest BCUT2D eigenvalue weighted by atomic mass is 10.1. The summed E-state index contributed by atoms with van der Waals surface area (Å²) >= 11 is 0. The third-order valence-electron chi connectivity index (χ3n) is 6.15. The van der Waals surface area contributed by atoms with Gasteiger partial charge in [0.25, 0.3) is 11.5 Å². The molecule has 4 heterocycles. The number of hydrogen-bond acceptors (Lipinski definition) is 5. The van der Waals surface area contributed by atoms with E-state index in [1.807, 2.05) is 20.0 Å². The molecule has 0 spiro atoms. The number of carbonyl (C=O) groups is 1. The Morgan fingerprint density at radius 2 is 2.06 bits per heavy atom. The molecular weight excluding hydrogens is 408 g/mol. The van der Waals surface area contributed by atoms with E-state index in [-0.39, 0.29) is 35.2 Å². The van der Waals surface area contributed by atoms with Crippen LogP contribution >= 0.6 is 0 Å². The van der Waals surface area contributed by atoms with Gasteiger partial charge in [-0.1, -0.05) is 13.8 Å². The summed E-state index contributed by atoms with van der Waals surface area (Å²) in [5.41, 5.74) is 1.05. The van der Waals surface area contributed by atoms with Crippen molar-refractivity contribution in [2.75, 3.05) is 0 Å². The highest BCUT2D eigenvalue weighted by Crippen LogP contribution is 2.39. The maximum absolute atomic E-state index is 13.2. The lowest BCUT2D eigenvalue weighted by Crippen LogP contribution is -2.34. The largest absolute Gasteiger partial charge is 0.346 e. The molecule has 1 amide bonds. The Bertz CT molecular complexity index is 1290. The fraction of sp³-hybridized carbons (Fsp3) is 0.522. The number of nitrogens with one attached hydrogen (secondary N) is 2. The smallest absolute Gasteiger partial charge is 0.330 e. The summed E-state index contributed by atoms with van der Waals surface area (Å²) in [6.07, 6.45) is 7.22. The van der Waals surface area contributed by atoms with Gasteiger partial charge in [0.1, 0.15) is 5.82 Å². The van der Waals surface area contributed by atoms with Crippen LogP contribution in [0.5, 0.6) is 0 Å². The number of rotatable bonds is 6. The maximum atomic E-state index is 13.2. The van der Waals surface area contributed by atoms with E-state index in [2.05, 4.69) is 24.8 Å². The van der Waals surface area contributed by atoms with Gasteiger partial charge in [-0.05, 0) is 37.7 Å². The van der Waals surface area contributed by atoms with Crippen LogP contribution in [-0.4, -0.2) is 30.0 Å². The number of nitrogens with zero attached hydrogens (tertiary/aromatic N) is 4. The molecule has 9 nitrogen and oxygen atoms in total. The molecule has 0 unspecified atom stereocenters. The number of aromatic nitrogens is 5. The minimum absolute atomic E-state index is 0.163. The van der Waals surface area contributed by atoms with Crippen molar-refractivity contribution in [3.63, 3.8) is 0 Å². The molecule has 1 fully saturated rings. The number of imidazole rings is 1. The van der Waals surface area contributed by atoms with E-state index >= 15 is 0 Å². The molecule has 2 aliphatic rings. The van der Waals surface area contributed by atoms with Crippen molar-refractivity contribution in [1.82, 2.24) is 29.4 Å². The first-order chi connectivity index (χ1) is 15.4. The summed E-state index contributed by atoms with van der Waals surface area (Å²) in [6.45, 7) is 5.64. The fourth-order valence-corrected chi connectivity index (χ4v) is 4.42. The number of pyridine rings is 1. The van der Waals surface area contributed by atoms with Crippen LogP contribution in [0, 0.1) is 5.92 Å². The van der Waals surface area contributed by atoms with Crippen molar-refractivity contribution in [1.29, 1.82) is 0 Å². The normalized spacial score (nSPS) is 15.8. The average molecular weight is 437 g/mol. The zero-order chi connectivity index (χ0) is 22.4. The van der Waals surface area contributed by atoms with E-state index in [4.69, 9.17) is 0 Å². The molecule has 1 saturated carbocycles. The number of H-pyrrole nitrogens is 1. The van der Waals surface area contributed by atoms with Crippen LogP contribution in [-0.2, 0) is 26.1 Å². The summed E-state index contributed by atoms with van der Waals surface area (Å²) in [4.78, 5) is 50.2. The Labute approximate surface area is 184 Å². The van der Waals surface area contributed by atoms with Gasteiger partial charge in [0, 0.05) is 37.3 Å². The van der Waals surface area contributed by atoms with Crippen molar-refractivity contribution < 1.29 is 4.79 Å². The fourth-order valence-electron chi connectivity index (χ4n) is 4.42. The molecule has 1 aliphatic heterocycles. The van der Waals surface area contributed by atoms with Crippen LogP contribution in [0.2, 0.25) is 0 Å². The van der Waals surface area contributed by atoms with E-state index in [1.54, 1.807) is 6.07 Å². The summed E-state index contributed by atoms with van der Waals surface area (Å²) in [5, 5.41) is 3.09. The summed E-state index contributed by atoms with van der Waals surface area (Å²) in [7, 11) is 0. The summed E-state index contributed by atoms with van der Waals surface area (Å²) in [5.74, 6) is 1.15. The average Bonchev–Trinajstić information content (AvgIpc) is 3.53.